The zero-order valence-electron chi connectivity index (χ0n) is 20.7. The quantitative estimate of drug-likeness (QED) is 0.362. The Balaban J connectivity index is 1.14. The van der Waals surface area contributed by atoms with Crippen molar-refractivity contribution in [3.8, 4) is 5.82 Å². The SMILES string of the molecule is OC(CN1CCC(=C(c2ccccc2)c2ccccc2)CC1)Cn1cnc2c(-n3cccc3)ncnc21. The summed E-state index contributed by atoms with van der Waals surface area (Å²) < 4.78 is 3.85. The minimum Gasteiger partial charge on any atom is -0.390 e. The molecule has 7 nitrogen and oxygen atoms in total. The van der Waals surface area contributed by atoms with E-state index in [1.54, 1.807) is 12.7 Å². The zero-order chi connectivity index (χ0) is 25.0. The molecule has 3 aromatic heterocycles. The fourth-order valence-corrected chi connectivity index (χ4v) is 5.29. The second-order valence-electron chi connectivity index (χ2n) is 9.52. The van der Waals surface area contributed by atoms with Gasteiger partial charge in [0, 0.05) is 32.0 Å². The standard InChI is InChI=1S/C30H30N6O/c37-26(20-36-22-33-28-29(31-21-32-30(28)36)35-15-7-8-16-35)19-34-17-13-25(14-18-34)27(23-9-3-1-4-10-23)24-11-5-2-6-12-24/h1-12,15-16,21-22,26,37H,13-14,17-20H2. The first-order chi connectivity index (χ1) is 18.3. The van der Waals surface area contributed by atoms with E-state index in [-0.39, 0.29) is 0 Å². The maximum absolute atomic E-state index is 11.0. The van der Waals surface area contributed by atoms with Crippen LogP contribution in [0.4, 0.5) is 0 Å². The number of piperidine rings is 1. The topological polar surface area (TPSA) is 72.0 Å². The highest BCUT2D eigenvalue weighted by Crippen LogP contribution is 2.32. The van der Waals surface area contributed by atoms with E-state index in [2.05, 4.69) is 80.5 Å². The Kier molecular flexibility index (Phi) is 6.62. The molecule has 1 aliphatic rings. The Morgan fingerprint density at radius 1 is 0.784 bits per heavy atom. The van der Waals surface area contributed by atoms with Crippen molar-refractivity contribution in [1.82, 2.24) is 29.0 Å². The number of benzene rings is 2. The van der Waals surface area contributed by atoms with Gasteiger partial charge in [0.25, 0.3) is 0 Å². The summed E-state index contributed by atoms with van der Waals surface area (Å²) in [7, 11) is 0. The van der Waals surface area contributed by atoms with Crippen LogP contribution in [-0.2, 0) is 6.54 Å². The number of imidazole rings is 1. The Morgan fingerprint density at radius 2 is 1.43 bits per heavy atom. The molecule has 1 unspecified atom stereocenters. The number of β-amino-alcohol motifs (C(OH)–C–C–N with tert-alkyl or cyclic N) is 1. The maximum atomic E-state index is 11.0. The van der Waals surface area contributed by atoms with Gasteiger partial charge in [0.05, 0.1) is 19.0 Å². The van der Waals surface area contributed by atoms with E-state index in [4.69, 9.17) is 0 Å². The number of aliphatic hydroxyl groups excluding tert-OH is 1. The number of likely N-dealkylation sites (tertiary alicyclic amines) is 1. The Bertz CT molecular complexity index is 1440. The van der Waals surface area contributed by atoms with Crippen molar-refractivity contribution in [3.63, 3.8) is 0 Å². The van der Waals surface area contributed by atoms with E-state index < -0.39 is 6.10 Å². The van der Waals surface area contributed by atoms with Crippen molar-refractivity contribution < 1.29 is 5.11 Å². The van der Waals surface area contributed by atoms with Crippen molar-refractivity contribution in [2.45, 2.75) is 25.5 Å². The van der Waals surface area contributed by atoms with Crippen LogP contribution in [0.5, 0.6) is 0 Å². The Hall–Kier alpha value is -4.07. The summed E-state index contributed by atoms with van der Waals surface area (Å²) in [5, 5.41) is 11.0. The van der Waals surface area contributed by atoms with Gasteiger partial charge in [-0.25, -0.2) is 15.0 Å². The molecule has 0 spiro atoms. The molecule has 1 aliphatic heterocycles. The molecule has 4 heterocycles. The molecule has 1 fully saturated rings. The molecule has 7 heteroatoms. The molecule has 0 aliphatic carbocycles. The van der Waals surface area contributed by atoms with Gasteiger partial charge in [0.1, 0.15) is 6.33 Å². The molecule has 186 valence electrons. The van der Waals surface area contributed by atoms with Crippen LogP contribution in [0.25, 0.3) is 22.6 Å². The monoisotopic (exact) mass is 490 g/mol. The molecule has 0 bridgehead atoms. The third-order valence-electron chi connectivity index (χ3n) is 7.05. The minimum absolute atomic E-state index is 0.442. The van der Waals surface area contributed by atoms with Crippen LogP contribution in [0.15, 0.2) is 103 Å². The van der Waals surface area contributed by atoms with Crippen LogP contribution in [0.1, 0.15) is 24.0 Å². The van der Waals surface area contributed by atoms with Gasteiger partial charge in [-0.3, -0.25) is 0 Å². The van der Waals surface area contributed by atoms with E-state index >= 15 is 0 Å². The molecule has 1 saturated heterocycles. The summed E-state index contributed by atoms with van der Waals surface area (Å²) in [6, 6.07) is 25.3. The first-order valence-corrected chi connectivity index (χ1v) is 12.8. The lowest BCUT2D eigenvalue weighted by Gasteiger charge is -2.31. The van der Waals surface area contributed by atoms with Crippen LogP contribution in [0, 0.1) is 0 Å². The molecule has 37 heavy (non-hydrogen) atoms. The van der Waals surface area contributed by atoms with Gasteiger partial charge >= 0.3 is 0 Å². The van der Waals surface area contributed by atoms with E-state index in [0.29, 0.717) is 13.1 Å². The fraction of sp³-hybridized carbons (Fsp3) is 0.233. The van der Waals surface area contributed by atoms with Gasteiger partial charge in [0.15, 0.2) is 17.0 Å². The summed E-state index contributed by atoms with van der Waals surface area (Å²) in [4.78, 5) is 15.8. The second-order valence-corrected chi connectivity index (χ2v) is 9.52. The molecular formula is C30H30N6O. The van der Waals surface area contributed by atoms with Gasteiger partial charge in [0.2, 0.25) is 0 Å². The lowest BCUT2D eigenvalue weighted by Crippen LogP contribution is -2.38. The largest absolute Gasteiger partial charge is 0.390 e. The highest BCUT2D eigenvalue weighted by molar-refractivity contribution is 5.82. The van der Waals surface area contributed by atoms with Gasteiger partial charge in [-0.2, -0.15) is 0 Å². The second kappa shape index (κ2) is 10.5. The van der Waals surface area contributed by atoms with E-state index in [9.17, 15) is 5.11 Å². The summed E-state index contributed by atoms with van der Waals surface area (Å²) in [6.45, 7) is 2.92. The third kappa shape index (κ3) is 4.96. The molecule has 5 aromatic rings. The predicted octanol–water partition coefficient (Wildman–Crippen LogP) is 4.58. The van der Waals surface area contributed by atoms with Crippen LogP contribution in [0.3, 0.4) is 0 Å². The lowest BCUT2D eigenvalue weighted by atomic mass is 9.88. The molecule has 0 amide bonds. The summed E-state index contributed by atoms with van der Waals surface area (Å²) in [5.41, 5.74) is 6.84. The molecule has 1 atom stereocenters. The average molecular weight is 491 g/mol. The number of rotatable bonds is 7. The molecule has 1 N–H and O–H groups in total. The first kappa shape index (κ1) is 23.3. The van der Waals surface area contributed by atoms with Gasteiger partial charge in [-0.1, -0.05) is 66.2 Å². The van der Waals surface area contributed by atoms with Crippen LogP contribution < -0.4 is 0 Å². The smallest absolute Gasteiger partial charge is 0.168 e. The lowest BCUT2D eigenvalue weighted by molar-refractivity contribution is 0.0948. The normalized spacial score (nSPS) is 15.2. The summed E-state index contributed by atoms with van der Waals surface area (Å²) >= 11 is 0. The number of fused-ring (bicyclic) bond motifs is 1. The highest BCUT2D eigenvalue weighted by atomic mass is 16.3. The average Bonchev–Trinajstić information content (AvgIpc) is 3.62. The zero-order valence-corrected chi connectivity index (χ0v) is 20.7. The van der Waals surface area contributed by atoms with Crippen molar-refractivity contribution in [1.29, 1.82) is 0 Å². The highest BCUT2D eigenvalue weighted by Gasteiger charge is 2.22. The maximum Gasteiger partial charge on any atom is 0.168 e. The molecule has 6 rings (SSSR count). The minimum atomic E-state index is -0.518. The van der Waals surface area contributed by atoms with Crippen molar-refractivity contribution >= 4 is 16.7 Å². The molecule has 0 radical (unpaired) electrons. The van der Waals surface area contributed by atoms with Crippen molar-refractivity contribution in [2.24, 2.45) is 0 Å². The molecule has 0 saturated carbocycles. The number of hydrogen-bond acceptors (Lipinski definition) is 5. The van der Waals surface area contributed by atoms with Crippen LogP contribution in [-0.4, -0.2) is 59.8 Å². The molecule has 2 aromatic carbocycles. The van der Waals surface area contributed by atoms with Crippen LogP contribution >= 0.6 is 0 Å². The number of aliphatic hydroxyl groups is 1. The van der Waals surface area contributed by atoms with Crippen molar-refractivity contribution in [2.75, 3.05) is 19.6 Å². The number of nitrogens with zero attached hydrogens (tertiary/aromatic N) is 6. The first-order valence-electron chi connectivity index (χ1n) is 12.8. The Morgan fingerprint density at radius 3 is 2.08 bits per heavy atom. The fourth-order valence-electron chi connectivity index (χ4n) is 5.29. The third-order valence-corrected chi connectivity index (χ3v) is 7.05. The number of hydrogen-bond donors (Lipinski definition) is 1. The molecular weight excluding hydrogens is 460 g/mol. The van der Waals surface area contributed by atoms with Gasteiger partial charge in [-0.15, -0.1) is 0 Å². The van der Waals surface area contributed by atoms with Gasteiger partial charge < -0.3 is 19.1 Å². The predicted molar refractivity (Wildman–Crippen MR) is 145 cm³/mol. The summed E-state index contributed by atoms with van der Waals surface area (Å²) in [6.07, 6.45) is 8.65. The van der Waals surface area contributed by atoms with E-state index in [1.807, 2.05) is 33.7 Å². The van der Waals surface area contributed by atoms with E-state index in [1.165, 1.54) is 22.3 Å². The summed E-state index contributed by atoms with van der Waals surface area (Å²) in [5.74, 6) is 0.742. The van der Waals surface area contributed by atoms with Gasteiger partial charge in [-0.05, 0) is 41.7 Å². The Labute approximate surface area is 216 Å². The number of aromatic nitrogens is 5. The van der Waals surface area contributed by atoms with Crippen molar-refractivity contribution in [3.05, 3.63) is 115 Å². The van der Waals surface area contributed by atoms with Crippen LogP contribution in [0.2, 0.25) is 0 Å². The van der Waals surface area contributed by atoms with E-state index in [0.717, 1.165) is 42.9 Å².